The number of allylic oxidation sites excluding steroid dienone is 1. The first-order valence-corrected chi connectivity index (χ1v) is 13.2. The van der Waals surface area contributed by atoms with Gasteiger partial charge in [-0.1, -0.05) is 6.08 Å². The van der Waals surface area contributed by atoms with Crippen LogP contribution in [0.1, 0.15) is 6.92 Å². The van der Waals surface area contributed by atoms with E-state index in [1.54, 1.807) is 25.3 Å². The number of benzene rings is 2. The van der Waals surface area contributed by atoms with Gasteiger partial charge in [0.1, 0.15) is 11.9 Å². The third-order valence-corrected chi connectivity index (χ3v) is 6.50. The number of anilines is 3. The average Bonchev–Trinajstić information content (AvgIpc) is 3.32. The van der Waals surface area contributed by atoms with E-state index in [-0.39, 0.29) is 30.7 Å². The number of nitrogens with zero attached hydrogens (tertiary/aromatic N) is 5. The molecular weight excluding hydrogens is 533 g/mol. The molecule has 41 heavy (non-hydrogen) atoms. The fourth-order valence-corrected chi connectivity index (χ4v) is 4.55. The number of halogens is 1. The van der Waals surface area contributed by atoms with Crippen molar-refractivity contribution in [1.82, 2.24) is 10.2 Å². The first-order valence-electron chi connectivity index (χ1n) is 13.2. The van der Waals surface area contributed by atoms with Gasteiger partial charge in [0, 0.05) is 44.9 Å². The number of piperazine rings is 1. The van der Waals surface area contributed by atoms with Crippen molar-refractivity contribution in [1.29, 1.82) is 0 Å². The average molecular weight is 570 g/mol. The minimum absolute atomic E-state index is 0.0197. The van der Waals surface area contributed by atoms with Crippen LogP contribution in [0, 0.1) is 15.9 Å². The summed E-state index contributed by atoms with van der Waals surface area (Å²) in [7, 11) is 1.77. The predicted octanol–water partition coefficient (Wildman–Crippen LogP) is 3.61. The molecule has 0 aliphatic carbocycles. The number of rotatable bonds is 11. The number of cyclic esters (lactones) is 1. The van der Waals surface area contributed by atoms with Gasteiger partial charge in [-0.05, 0) is 45.0 Å². The topological polar surface area (TPSA) is 133 Å². The molecule has 12 nitrogen and oxygen atoms in total. The van der Waals surface area contributed by atoms with Crippen molar-refractivity contribution in [2.75, 3.05) is 74.5 Å². The van der Waals surface area contributed by atoms with E-state index in [1.807, 2.05) is 16.7 Å². The molecule has 2 N–H and O–H groups in total. The smallest absolute Gasteiger partial charge is 0.414 e. The number of carbonyl (C=O) groups excluding carboxylic acids is 2. The molecule has 1 unspecified atom stereocenters. The van der Waals surface area contributed by atoms with Crippen molar-refractivity contribution in [2.45, 2.75) is 13.0 Å². The zero-order valence-electron chi connectivity index (χ0n) is 23.3. The summed E-state index contributed by atoms with van der Waals surface area (Å²) in [6.45, 7) is 11.9. The third-order valence-electron chi connectivity index (χ3n) is 6.50. The van der Waals surface area contributed by atoms with E-state index >= 15 is 4.39 Å². The van der Waals surface area contributed by atoms with Gasteiger partial charge in [-0.25, -0.2) is 9.18 Å². The van der Waals surface area contributed by atoms with Gasteiger partial charge in [0.25, 0.3) is 5.69 Å². The highest BCUT2D eigenvalue weighted by Crippen LogP contribution is 2.30. The number of nitrogens with one attached hydrogen (secondary N) is 2. The van der Waals surface area contributed by atoms with Crippen LogP contribution >= 0.6 is 0 Å². The summed E-state index contributed by atoms with van der Waals surface area (Å²) in [4.78, 5) is 44.4. The first kappa shape index (κ1) is 31.2. The SMILES string of the molecule is C=CC.C=Nc1ccc([N+](=O)[O-])cc1NCC(=O)CN1CCN(c2ccc(N3CC(CNC)OC3=O)cc2F)CC1. The van der Waals surface area contributed by atoms with Gasteiger partial charge >= 0.3 is 6.09 Å². The van der Waals surface area contributed by atoms with Crippen LogP contribution in [0.2, 0.25) is 0 Å². The van der Waals surface area contributed by atoms with Crippen LogP contribution in [-0.4, -0.2) is 93.9 Å². The van der Waals surface area contributed by atoms with Crippen LogP contribution in [0.4, 0.5) is 37.6 Å². The Kier molecular flexibility index (Phi) is 11.3. The van der Waals surface area contributed by atoms with Gasteiger partial charge in [-0.2, -0.15) is 0 Å². The van der Waals surface area contributed by atoms with Crippen LogP contribution in [0.5, 0.6) is 0 Å². The summed E-state index contributed by atoms with van der Waals surface area (Å²) >= 11 is 0. The van der Waals surface area contributed by atoms with Gasteiger partial charge < -0.3 is 20.3 Å². The number of non-ortho nitro benzene ring substituents is 1. The number of aliphatic imine (C=N–C) groups is 1. The van der Waals surface area contributed by atoms with E-state index in [2.05, 4.69) is 28.9 Å². The van der Waals surface area contributed by atoms with Crippen LogP contribution < -0.4 is 20.4 Å². The molecule has 1 atom stereocenters. The lowest BCUT2D eigenvalue weighted by molar-refractivity contribution is -0.384. The molecule has 13 heteroatoms. The second-order valence-corrected chi connectivity index (χ2v) is 9.49. The highest BCUT2D eigenvalue weighted by molar-refractivity contribution is 5.90. The lowest BCUT2D eigenvalue weighted by atomic mass is 10.2. The maximum Gasteiger partial charge on any atom is 0.414 e. The molecule has 0 spiro atoms. The van der Waals surface area contributed by atoms with Gasteiger partial charge in [0.15, 0.2) is 5.78 Å². The van der Waals surface area contributed by atoms with E-state index < -0.39 is 16.8 Å². The van der Waals surface area contributed by atoms with E-state index in [0.29, 0.717) is 62.0 Å². The molecular formula is C28H36FN7O5. The van der Waals surface area contributed by atoms with Crippen molar-refractivity contribution in [2.24, 2.45) is 4.99 Å². The fraction of sp³-hybridized carbons (Fsp3) is 0.393. The Hall–Kier alpha value is -4.36. The monoisotopic (exact) mass is 569 g/mol. The van der Waals surface area contributed by atoms with E-state index in [0.717, 1.165) is 0 Å². The van der Waals surface area contributed by atoms with E-state index in [4.69, 9.17) is 4.74 Å². The summed E-state index contributed by atoms with van der Waals surface area (Å²) in [6.07, 6.45) is 0.973. The van der Waals surface area contributed by atoms with Crippen molar-refractivity contribution in [3.05, 3.63) is 65.0 Å². The van der Waals surface area contributed by atoms with Crippen LogP contribution in [-0.2, 0) is 9.53 Å². The quantitative estimate of drug-likeness (QED) is 0.180. The van der Waals surface area contributed by atoms with Gasteiger partial charge in [-0.3, -0.25) is 29.7 Å². The second kappa shape index (κ2) is 14.9. The third kappa shape index (κ3) is 8.32. The summed E-state index contributed by atoms with van der Waals surface area (Å²) < 4.78 is 20.3. The van der Waals surface area contributed by atoms with Crippen molar-refractivity contribution in [3.63, 3.8) is 0 Å². The zero-order valence-corrected chi connectivity index (χ0v) is 23.3. The molecule has 2 aliphatic rings. The van der Waals surface area contributed by atoms with Crippen LogP contribution in [0.3, 0.4) is 0 Å². The maximum absolute atomic E-state index is 15.0. The minimum Gasteiger partial charge on any atom is -0.443 e. The van der Waals surface area contributed by atoms with Crippen LogP contribution in [0.25, 0.3) is 0 Å². The summed E-state index contributed by atoms with van der Waals surface area (Å²) in [5.41, 5.74) is 1.57. The first-order chi connectivity index (χ1) is 19.7. The van der Waals surface area contributed by atoms with Gasteiger partial charge in [0.2, 0.25) is 0 Å². The Bertz CT molecular complexity index is 1270. The Morgan fingerprint density at radius 2 is 1.95 bits per heavy atom. The molecule has 4 rings (SSSR count). The Labute approximate surface area is 238 Å². The van der Waals surface area contributed by atoms with E-state index in [9.17, 15) is 19.7 Å². The molecule has 0 radical (unpaired) electrons. The van der Waals surface area contributed by atoms with Crippen LogP contribution in [0.15, 0.2) is 54.0 Å². The van der Waals surface area contributed by atoms with Gasteiger partial charge in [0.05, 0.1) is 47.3 Å². The van der Waals surface area contributed by atoms with Gasteiger partial charge in [-0.15, -0.1) is 6.58 Å². The van der Waals surface area contributed by atoms with Crippen molar-refractivity contribution < 1.29 is 23.6 Å². The Morgan fingerprint density at radius 3 is 2.56 bits per heavy atom. The molecule has 1 amide bonds. The molecule has 0 aromatic heterocycles. The number of amides is 1. The summed E-state index contributed by atoms with van der Waals surface area (Å²) in [5.74, 6) is -0.519. The molecule has 2 aliphatic heterocycles. The fourth-order valence-electron chi connectivity index (χ4n) is 4.55. The highest BCUT2D eigenvalue weighted by atomic mass is 19.1. The number of likely N-dealkylation sites (N-methyl/N-ethyl adjacent to an activating group) is 1. The number of Topliss-reactive ketones (excluding diaryl/α,β-unsaturated/α-hetero) is 1. The number of nitro groups is 1. The van der Waals surface area contributed by atoms with Crippen molar-refractivity contribution >= 4 is 47.0 Å². The molecule has 2 saturated heterocycles. The lowest BCUT2D eigenvalue weighted by Crippen LogP contribution is -2.48. The zero-order chi connectivity index (χ0) is 29.9. The lowest BCUT2D eigenvalue weighted by Gasteiger charge is -2.36. The number of carbonyl (C=O) groups is 2. The van der Waals surface area contributed by atoms with E-state index in [1.165, 1.54) is 29.2 Å². The maximum atomic E-state index is 15.0. The standard InChI is InChI=1S/C25H30FN7O5.C3H6/c1-27-14-20-16-32(25(35)38-20)17-4-6-24(21(26)11-17)31-9-7-30(8-10-31)15-19(34)13-29-23-12-18(33(36)37)3-5-22(23)28-2;1-3-2/h3-6,11-12,20,27,29H,2,7-10,13-16H2,1H3;3H,1H2,2H3. The van der Waals surface area contributed by atoms with Crippen molar-refractivity contribution in [3.8, 4) is 0 Å². The predicted molar refractivity (Wildman–Crippen MR) is 158 cm³/mol. The number of ether oxygens (including phenoxy) is 1. The molecule has 0 bridgehead atoms. The highest BCUT2D eigenvalue weighted by Gasteiger charge is 2.32. The number of nitro benzene ring substituents is 1. The Morgan fingerprint density at radius 1 is 1.24 bits per heavy atom. The molecule has 2 heterocycles. The minimum atomic E-state index is -0.517. The molecule has 0 saturated carbocycles. The summed E-state index contributed by atoms with van der Waals surface area (Å²) in [6, 6.07) is 8.85. The second-order valence-electron chi connectivity index (χ2n) is 9.49. The largest absolute Gasteiger partial charge is 0.443 e. The normalized spacial score (nSPS) is 16.9. The molecule has 220 valence electrons. The molecule has 2 aromatic rings. The number of hydrogen-bond donors (Lipinski definition) is 2. The number of hydrogen-bond acceptors (Lipinski definition) is 10. The molecule has 2 aromatic carbocycles. The number of ketones is 1. The summed E-state index contributed by atoms with van der Waals surface area (Å²) in [5, 5.41) is 16.9. The molecule has 2 fully saturated rings. The Balaban J connectivity index is 0.00000147.